The third-order valence-corrected chi connectivity index (χ3v) is 3.59. The SMILES string of the molecule is Cc1ccc(NC(=O)COC(=O)c2ccc(C)cc2C)c(C)c1. The third kappa shape index (κ3) is 4.42. The van der Waals surface area contributed by atoms with Gasteiger partial charge >= 0.3 is 5.97 Å². The van der Waals surface area contributed by atoms with E-state index in [0.717, 1.165) is 27.9 Å². The minimum Gasteiger partial charge on any atom is -0.452 e. The molecule has 4 nitrogen and oxygen atoms in total. The van der Waals surface area contributed by atoms with Crippen molar-refractivity contribution in [3.8, 4) is 0 Å². The van der Waals surface area contributed by atoms with E-state index in [1.807, 2.05) is 58.0 Å². The second-order valence-electron chi connectivity index (χ2n) is 5.76. The zero-order valence-electron chi connectivity index (χ0n) is 13.9. The topological polar surface area (TPSA) is 55.4 Å². The molecule has 0 aliphatic heterocycles. The average Bonchev–Trinajstić information content (AvgIpc) is 2.48. The molecule has 1 amide bonds. The van der Waals surface area contributed by atoms with E-state index >= 15 is 0 Å². The summed E-state index contributed by atoms with van der Waals surface area (Å²) in [6.45, 7) is 7.41. The number of benzene rings is 2. The van der Waals surface area contributed by atoms with E-state index in [1.54, 1.807) is 6.07 Å². The van der Waals surface area contributed by atoms with E-state index in [4.69, 9.17) is 4.74 Å². The summed E-state index contributed by atoms with van der Waals surface area (Å²) in [5.41, 5.74) is 5.22. The highest BCUT2D eigenvalue weighted by molar-refractivity contribution is 5.96. The number of aryl methyl sites for hydroxylation is 4. The van der Waals surface area contributed by atoms with Crippen LogP contribution in [0.3, 0.4) is 0 Å². The highest BCUT2D eigenvalue weighted by Crippen LogP contribution is 2.16. The first-order chi connectivity index (χ1) is 10.9. The van der Waals surface area contributed by atoms with Gasteiger partial charge in [0.25, 0.3) is 5.91 Å². The van der Waals surface area contributed by atoms with Gasteiger partial charge < -0.3 is 10.1 Å². The Kier molecular flexibility index (Phi) is 5.16. The van der Waals surface area contributed by atoms with Crippen molar-refractivity contribution in [1.29, 1.82) is 0 Å². The number of carbonyl (C=O) groups is 2. The predicted octanol–water partition coefficient (Wildman–Crippen LogP) is 3.72. The number of anilines is 1. The van der Waals surface area contributed by atoms with Gasteiger partial charge in [-0.3, -0.25) is 4.79 Å². The van der Waals surface area contributed by atoms with Gasteiger partial charge in [-0.25, -0.2) is 4.79 Å². The van der Waals surface area contributed by atoms with Gasteiger partial charge in [-0.2, -0.15) is 0 Å². The zero-order valence-corrected chi connectivity index (χ0v) is 13.9. The lowest BCUT2D eigenvalue weighted by atomic mass is 10.1. The highest BCUT2D eigenvalue weighted by atomic mass is 16.5. The molecule has 2 aromatic rings. The largest absolute Gasteiger partial charge is 0.452 e. The Morgan fingerprint density at radius 1 is 0.913 bits per heavy atom. The Morgan fingerprint density at radius 2 is 1.52 bits per heavy atom. The first-order valence-electron chi connectivity index (χ1n) is 7.48. The number of hydrogen-bond acceptors (Lipinski definition) is 3. The molecule has 0 heterocycles. The second kappa shape index (κ2) is 7.09. The van der Waals surface area contributed by atoms with Crippen LogP contribution in [-0.2, 0) is 9.53 Å². The lowest BCUT2D eigenvalue weighted by molar-refractivity contribution is -0.119. The molecule has 0 fully saturated rings. The number of nitrogens with one attached hydrogen (secondary N) is 1. The van der Waals surface area contributed by atoms with E-state index in [-0.39, 0.29) is 12.5 Å². The van der Waals surface area contributed by atoms with Gasteiger partial charge in [-0.1, -0.05) is 35.4 Å². The predicted molar refractivity (Wildman–Crippen MR) is 90.7 cm³/mol. The summed E-state index contributed by atoms with van der Waals surface area (Å²) in [5.74, 6) is -0.839. The van der Waals surface area contributed by atoms with Crippen LogP contribution in [0.2, 0.25) is 0 Å². The first-order valence-corrected chi connectivity index (χ1v) is 7.48. The molecule has 0 spiro atoms. The van der Waals surface area contributed by atoms with Crippen molar-refractivity contribution in [1.82, 2.24) is 0 Å². The van der Waals surface area contributed by atoms with E-state index in [2.05, 4.69) is 5.32 Å². The number of rotatable bonds is 4. The Morgan fingerprint density at radius 3 is 2.13 bits per heavy atom. The summed E-state index contributed by atoms with van der Waals surface area (Å²) in [7, 11) is 0. The molecule has 120 valence electrons. The monoisotopic (exact) mass is 311 g/mol. The molecule has 0 atom stereocenters. The Labute approximate surface area is 136 Å². The van der Waals surface area contributed by atoms with Crippen LogP contribution in [0.15, 0.2) is 36.4 Å². The number of carbonyl (C=O) groups excluding carboxylic acids is 2. The van der Waals surface area contributed by atoms with Crippen LogP contribution in [0.5, 0.6) is 0 Å². The molecule has 0 bridgehead atoms. The maximum absolute atomic E-state index is 12.0. The quantitative estimate of drug-likeness (QED) is 0.876. The van der Waals surface area contributed by atoms with E-state index in [1.165, 1.54) is 0 Å². The minimum absolute atomic E-state index is 0.306. The molecule has 2 aromatic carbocycles. The van der Waals surface area contributed by atoms with Crippen molar-refractivity contribution in [3.05, 3.63) is 64.2 Å². The van der Waals surface area contributed by atoms with Crippen LogP contribution in [0.25, 0.3) is 0 Å². The summed E-state index contributed by atoms with van der Waals surface area (Å²) in [6.07, 6.45) is 0. The molecule has 0 aromatic heterocycles. The van der Waals surface area contributed by atoms with Crippen LogP contribution in [0.1, 0.15) is 32.6 Å². The van der Waals surface area contributed by atoms with E-state index in [9.17, 15) is 9.59 Å². The molecule has 0 aliphatic rings. The normalized spacial score (nSPS) is 10.3. The zero-order chi connectivity index (χ0) is 17.0. The van der Waals surface area contributed by atoms with Gasteiger partial charge in [0.15, 0.2) is 6.61 Å². The Bertz CT molecular complexity index is 750. The van der Waals surface area contributed by atoms with Crippen LogP contribution >= 0.6 is 0 Å². The molecular weight excluding hydrogens is 290 g/mol. The summed E-state index contributed by atoms with van der Waals surface area (Å²) in [5, 5.41) is 2.75. The fraction of sp³-hybridized carbons (Fsp3) is 0.263. The molecule has 4 heteroatoms. The van der Waals surface area contributed by atoms with Crippen LogP contribution in [0.4, 0.5) is 5.69 Å². The van der Waals surface area contributed by atoms with Gasteiger partial charge in [0.2, 0.25) is 0 Å². The standard InChI is InChI=1S/C19H21NO3/c1-12-5-7-16(14(3)9-12)19(22)23-11-18(21)20-17-8-6-13(2)10-15(17)4/h5-10H,11H2,1-4H3,(H,20,21). The van der Waals surface area contributed by atoms with Crippen molar-refractivity contribution in [2.45, 2.75) is 27.7 Å². The van der Waals surface area contributed by atoms with E-state index in [0.29, 0.717) is 5.56 Å². The average molecular weight is 311 g/mol. The Hall–Kier alpha value is -2.62. The summed E-state index contributed by atoms with van der Waals surface area (Å²) in [6, 6.07) is 11.2. The Balaban J connectivity index is 1.94. The molecule has 2 rings (SSSR count). The van der Waals surface area contributed by atoms with E-state index < -0.39 is 5.97 Å². The first kappa shape index (κ1) is 16.7. The van der Waals surface area contributed by atoms with Crippen LogP contribution in [-0.4, -0.2) is 18.5 Å². The fourth-order valence-corrected chi connectivity index (χ4v) is 2.39. The maximum Gasteiger partial charge on any atom is 0.338 e. The van der Waals surface area contributed by atoms with Gasteiger partial charge in [0, 0.05) is 5.69 Å². The maximum atomic E-state index is 12.0. The molecule has 0 unspecified atom stereocenters. The molecule has 0 saturated heterocycles. The summed E-state index contributed by atoms with van der Waals surface area (Å²) in [4.78, 5) is 24.0. The van der Waals surface area contributed by atoms with Crippen molar-refractivity contribution >= 4 is 17.6 Å². The van der Waals surface area contributed by atoms with Crippen LogP contribution < -0.4 is 5.32 Å². The number of hydrogen-bond donors (Lipinski definition) is 1. The number of esters is 1. The molecular formula is C19H21NO3. The van der Waals surface area contributed by atoms with Crippen molar-refractivity contribution in [3.63, 3.8) is 0 Å². The van der Waals surface area contributed by atoms with Gasteiger partial charge in [0.1, 0.15) is 0 Å². The lowest BCUT2D eigenvalue weighted by Gasteiger charge is -2.10. The third-order valence-electron chi connectivity index (χ3n) is 3.59. The summed E-state index contributed by atoms with van der Waals surface area (Å²) >= 11 is 0. The smallest absolute Gasteiger partial charge is 0.338 e. The molecule has 1 N–H and O–H groups in total. The van der Waals surface area contributed by atoms with Crippen LogP contribution in [0, 0.1) is 27.7 Å². The van der Waals surface area contributed by atoms with Gasteiger partial charge in [0.05, 0.1) is 5.56 Å². The van der Waals surface area contributed by atoms with Gasteiger partial charge in [-0.15, -0.1) is 0 Å². The molecule has 23 heavy (non-hydrogen) atoms. The number of amides is 1. The van der Waals surface area contributed by atoms with Gasteiger partial charge in [-0.05, 0) is 51.0 Å². The van der Waals surface area contributed by atoms with Crippen molar-refractivity contribution < 1.29 is 14.3 Å². The summed E-state index contributed by atoms with van der Waals surface area (Å²) < 4.78 is 5.10. The van der Waals surface area contributed by atoms with Crippen molar-refractivity contribution in [2.24, 2.45) is 0 Å². The molecule has 0 saturated carbocycles. The molecule has 0 aliphatic carbocycles. The second-order valence-corrected chi connectivity index (χ2v) is 5.76. The fourth-order valence-electron chi connectivity index (χ4n) is 2.39. The lowest BCUT2D eigenvalue weighted by Crippen LogP contribution is -2.21. The molecule has 0 radical (unpaired) electrons. The highest BCUT2D eigenvalue weighted by Gasteiger charge is 2.13. The minimum atomic E-state index is -0.488. The van der Waals surface area contributed by atoms with Crippen molar-refractivity contribution in [2.75, 3.05) is 11.9 Å². The number of ether oxygens (including phenoxy) is 1.